The smallest absolute Gasteiger partial charge is 0.257 e. The monoisotopic (exact) mass is 481 g/mol. The van der Waals surface area contributed by atoms with Gasteiger partial charge in [-0.3, -0.25) is 14.4 Å². The summed E-state index contributed by atoms with van der Waals surface area (Å²) in [5.74, 6) is -0.365. The predicted molar refractivity (Wildman–Crippen MR) is 138 cm³/mol. The van der Waals surface area contributed by atoms with Crippen molar-refractivity contribution in [1.82, 2.24) is 9.88 Å². The number of para-hydroxylation sites is 1. The Balaban J connectivity index is 1.45. The third kappa shape index (κ3) is 4.35. The number of hydrogen-bond acceptors (Lipinski definition) is 4. The summed E-state index contributed by atoms with van der Waals surface area (Å²) in [5.41, 5.74) is 4.06. The molecule has 4 aromatic rings. The first-order chi connectivity index (χ1) is 17.5. The second-order valence-corrected chi connectivity index (χ2v) is 8.96. The molecular weight excluding hydrogens is 454 g/mol. The standard InChI is InChI=1S/C29H27N3O4/c1-19-7-9-20(10-8-19)28(34)31(16-15-21-18-30-25-6-4-3-5-24(21)25)26-17-27(33)32(29(26)35)22-11-13-23(36-2)14-12-22/h3-14,18,26,30H,15-17H2,1-2H3. The van der Waals surface area contributed by atoms with E-state index in [0.29, 0.717) is 30.0 Å². The second kappa shape index (κ2) is 9.70. The lowest BCUT2D eigenvalue weighted by Gasteiger charge is -2.28. The number of imide groups is 1. The number of aryl methyl sites for hydroxylation is 1. The van der Waals surface area contributed by atoms with E-state index in [1.165, 1.54) is 4.90 Å². The molecule has 0 saturated carbocycles. The molecule has 7 nitrogen and oxygen atoms in total. The van der Waals surface area contributed by atoms with Crippen molar-refractivity contribution in [1.29, 1.82) is 0 Å². The number of benzene rings is 3. The highest BCUT2D eigenvalue weighted by Gasteiger charge is 2.44. The molecule has 1 saturated heterocycles. The summed E-state index contributed by atoms with van der Waals surface area (Å²) in [5, 5.41) is 1.08. The molecule has 0 spiro atoms. The Morgan fingerprint density at radius 1 is 1.03 bits per heavy atom. The van der Waals surface area contributed by atoms with Gasteiger partial charge < -0.3 is 14.6 Å². The Morgan fingerprint density at radius 3 is 2.47 bits per heavy atom. The number of nitrogens with zero attached hydrogens (tertiary/aromatic N) is 2. The van der Waals surface area contributed by atoms with Crippen molar-refractivity contribution in [2.45, 2.75) is 25.8 Å². The number of carbonyl (C=O) groups excluding carboxylic acids is 3. The van der Waals surface area contributed by atoms with Crippen LogP contribution in [0.4, 0.5) is 5.69 Å². The van der Waals surface area contributed by atoms with E-state index < -0.39 is 11.9 Å². The lowest BCUT2D eigenvalue weighted by Crippen LogP contribution is -2.46. The normalized spacial score (nSPS) is 15.5. The van der Waals surface area contributed by atoms with Crippen LogP contribution >= 0.6 is 0 Å². The number of rotatable bonds is 7. The van der Waals surface area contributed by atoms with E-state index in [1.54, 1.807) is 48.4 Å². The van der Waals surface area contributed by atoms with Crippen LogP contribution in [0.5, 0.6) is 5.75 Å². The number of carbonyl (C=O) groups is 3. The SMILES string of the molecule is COc1ccc(N2C(=O)CC(N(CCc3c[nH]c4ccccc34)C(=O)c3ccc(C)cc3)C2=O)cc1. The van der Waals surface area contributed by atoms with E-state index in [0.717, 1.165) is 22.0 Å². The average molecular weight is 482 g/mol. The average Bonchev–Trinajstić information content (AvgIpc) is 3.44. The highest BCUT2D eigenvalue weighted by molar-refractivity contribution is 6.23. The number of hydrogen-bond donors (Lipinski definition) is 1. The Morgan fingerprint density at radius 2 is 1.75 bits per heavy atom. The number of methoxy groups -OCH3 is 1. The molecule has 182 valence electrons. The zero-order valence-corrected chi connectivity index (χ0v) is 20.2. The molecule has 3 aromatic carbocycles. The number of amides is 3. The quantitative estimate of drug-likeness (QED) is 0.394. The number of nitrogens with one attached hydrogen (secondary N) is 1. The van der Waals surface area contributed by atoms with Crippen molar-refractivity contribution in [2.75, 3.05) is 18.6 Å². The van der Waals surface area contributed by atoms with Crippen molar-refractivity contribution >= 4 is 34.3 Å². The Bertz CT molecular complexity index is 1420. The van der Waals surface area contributed by atoms with Crippen LogP contribution in [0, 0.1) is 6.92 Å². The first-order valence-electron chi connectivity index (χ1n) is 11.9. The second-order valence-electron chi connectivity index (χ2n) is 8.96. The minimum Gasteiger partial charge on any atom is -0.497 e. The highest BCUT2D eigenvalue weighted by atomic mass is 16.5. The number of H-pyrrole nitrogens is 1. The van der Waals surface area contributed by atoms with Gasteiger partial charge in [-0.15, -0.1) is 0 Å². The van der Waals surface area contributed by atoms with Crippen LogP contribution in [0.2, 0.25) is 0 Å². The van der Waals surface area contributed by atoms with Crippen molar-refractivity contribution in [2.24, 2.45) is 0 Å². The molecule has 1 aliphatic heterocycles. The first kappa shape index (κ1) is 23.4. The van der Waals surface area contributed by atoms with Crippen LogP contribution in [0.1, 0.15) is 27.9 Å². The molecular formula is C29H27N3O4. The lowest BCUT2D eigenvalue weighted by molar-refractivity contribution is -0.122. The number of fused-ring (bicyclic) bond motifs is 1. The van der Waals surface area contributed by atoms with Crippen LogP contribution in [-0.4, -0.2) is 47.3 Å². The van der Waals surface area contributed by atoms with Crippen molar-refractivity contribution in [3.8, 4) is 5.75 Å². The summed E-state index contributed by atoms with van der Waals surface area (Å²) in [6.07, 6.45) is 2.42. The number of aromatic nitrogens is 1. The van der Waals surface area contributed by atoms with E-state index in [4.69, 9.17) is 4.74 Å². The molecule has 2 heterocycles. The molecule has 0 aliphatic carbocycles. The van der Waals surface area contributed by atoms with Crippen LogP contribution < -0.4 is 9.64 Å². The largest absolute Gasteiger partial charge is 0.497 e. The summed E-state index contributed by atoms with van der Waals surface area (Å²) in [4.78, 5) is 46.2. The van der Waals surface area contributed by atoms with Crippen LogP contribution in [-0.2, 0) is 16.0 Å². The minimum absolute atomic E-state index is 0.0592. The number of aromatic amines is 1. The molecule has 0 bridgehead atoms. The zero-order chi connectivity index (χ0) is 25.2. The topological polar surface area (TPSA) is 82.7 Å². The molecule has 5 rings (SSSR count). The Labute approximate surface area is 209 Å². The van der Waals surface area contributed by atoms with Gasteiger partial charge in [-0.25, -0.2) is 4.90 Å². The molecule has 36 heavy (non-hydrogen) atoms. The van der Waals surface area contributed by atoms with E-state index in [9.17, 15) is 14.4 Å². The van der Waals surface area contributed by atoms with Gasteiger partial charge in [-0.1, -0.05) is 35.9 Å². The van der Waals surface area contributed by atoms with Crippen molar-refractivity contribution in [3.63, 3.8) is 0 Å². The highest BCUT2D eigenvalue weighted by Crippen LogP contribution is 2.29. The summed E-state index contributed by atoms with van der Waals surface area (Å²) in [7, 11) is 1.56. The third-order valence-corrected chi connectivity index (χ3v) is 6.69. The van der Waals surface area contributed by atoms with E-state index in [1.807, 2.05) is 49.5 Å². The van der Waals surface area contributed by atoms with E-state index in [-0.39, 0.29) is 18.2 Å². The van der Waals surface area contributed by atoms with Crippen LogP contribution in [0.25, 0.3) is 10.9 Å². The first-order valence-corrected chi connectivity index (χ1v) is 11.9. The van der Waals surface area contributed by atoms with Gasteiger partial charge in [0.1, 0.15) is 11.8 Å². The molecule has 1 atom stereocenters. The molecule has 1 fully saturated rings. The van der Waals surface area contributed by atoms with Gasteiger partial charge in [-0.2, -0.15) is 0 Å². The summed E-state index contributed by atoms with van der Waals surface area (Å²) >= 11 is 0. The molecule has 7 heteroatoms. The molecule has 3 amide bonds. The summed E-state index contributed by atoms with van der Waals surface area (Å²) in [6.45, 7) is 2.25. The van der Waals surface area contributed by atoms with Gasteiger partial charge in [0.2, 0.25) is 5.91 Å². The fourth-order valence-corrected chi connectivity index (χ4v) is 4.70. The fourth-order valence-electron chi connectivity index (χ4n) is 4.70. The van der Waals surface area contributed by atoms with E-state index >= 15 is 0 Å². The van der Waals surface area contributed by atoms with E-state index in [2.05, 4.69) is 4.98 Å². The van der Waals surface area contributed by atoms with Gasteiger partial charge in [0.25, 0.3) is 11.8 Å². The zero-order valence-electron chi connectivity index (χ0n) is 20.2. The molecule has 1 unspecified atom stereocenters. The Hall–Kier alpha value is -4.39. The van der Waals surface area contributed by atoms with Gasteiger partial charge in [-0.05, 0) is 61.4 Å². The maximum atomic E-state index is 13.7. The summed E-state index contributed by atoms with van der Waals surface area (Å²) < 4.78 is 5.19. The van der Waals surface area contributed by atoms with Gasteiger partial charge in [0, 0.05) is 29.2 Å². The molecule has 1 aliphatic rings. The minimum atomic E-state index is -0.876. The van der Waals surface area contributed by atoms with Crippen molar-refractivity contribution in [3.05, 3.63) is 95.7 Å². The van der Waals surface area contributed by atoms with Crippen molar-refractivity contribution < 1.29 is 19.1 Å². The lowest BCUT2D eigenvalue weighted by atomic mass is 10.1. The molecule has 0 radical (unpaired) electrons. The molecule has 1 N–H and O–H groups in total. The summed E-state index contributed by atoms with van der Waals surface area (Å²) in [6, 6.07) is 21.1. The molecule has 1 aromatic heterocycles. The number of ether oxygens (including phenoxy) is 1. The number of anilines is 1. The maximum Gasteiger partial charge on any atom is 0.257 e. The predicted octanol–water partition coefficient (Wildman–Crippen LogP) is 4.50. The van der Waals surface area contributed by atoms with Gasteiger partial charge in [0.15, 0.2) is 0 Å². The Kier molecular flexibility index (Phi) is 6.29. The van der Waals surface area contributed by atoms with Crippen LogP contribution in [0.3, 0.4) is 0 Å². The van der Waals surface area contributed by atoms with Crippen LogP contribution in [0.15, 0.2) is 79.0 Å². The third-order valence-electron chi connectivity index (χ3n) is 6.69. The maximum absolute atomic E-state index is 13.7. The fraction of sp³-hybridized carbons (Fsp3) is 0.207. The van der Waals surface area contributed by atoms with Gasteiger partial charge >= 0.3 is 0 Å². The van der Waals surface area contributed by atoms with Gasteiger partial charge in [0.05, 0.1) is 19.2 Å².